The molecule has 0 spiro atoms. The highest BCUT2D eigenvalue weighted by molar-refractivity contribution is 5.91. The molecule has 1 atom stereocenters. The number of hydrogen-bond donors (Lipinski definition) is 3. The molecule has 1 rings (SSSR count). The first-order chi connectivity index (χ1) is 8.88. The van der Waals surface area contributed by atoms with Crippen LogP contribution in [0.15, 0.2) is 24.3 Å². The van der Waals surface area contributed by atoms with Crippen LogP contribution in [0.1, 0.15) is 27.7 Å². The van der Waals surface area contributed by atoms with Crippen LogP contribution in [0.2, 0.25) is 0 Å². The lowest BCUT2D eigenvalue weighted by atomic mass is 10.1. The van der Waals surface area contributed by atoms with E-state index in [-0.39, 0.29) is 18.0 Å². The minimum absolute atomic E-state index is 0.110. The van der Waals surface area contributed by atoms with Gasteiger partial charge >= 0.3 is 6.03 Å². The Hall–Kier alpha value is -2.04. The summed E-state index contributed by atoms with van der Waals surface area (Å²) < 4.78 is 0. The number of nitrogens with one attached hydrogen (secondary N) is 3. The lowest BCUT2D eigenvalue weighted by Crippen LogP contribution is -2.38. The molecule has 1 aromatic carbocycles. The Morgan fingerprint density at radius 2 is 1.42 bits per heavy atom. The number of hydrogen-bond acceptors (Lipinski definition) is 2. The van der Waals surface area contributed by atoms with Gasteiger partial charge in [0.2, 0.25) is 5.91 Å². The van der Waals surface area contributed by atoms with E-state index in [0.29, 0.717) is 17.3 Å². The quantitative estimate of drug-likeness (QED) is 0.781. The molecule has 0 bridgehead atoms. The highest BCUT2D eigenvalue weighted by atomic mass is 16.2. The molecule has 0 fully saturated rings. The van der Waals surface area contributed by atoms with Crippen molar-refractivity contribution < 1.29 is 9.59 Å². The summed E-state index contributed by atoms with van der Waals surface area (Å²) in [4.78, 5) is 22.6. The summed E-state index contributed by atoms with van der Waals surface area (Å²) in [5.41, 5.74) is 1.39. The van der Waals surface area contributed by atoms with Crippen LogP contribution >= 0.6 is 0 Å². The summed E-state index contributed by atoms with van der Waals surface area (Å²) in [6.45, 7) is 7.51. The molecule has 0 heterocycles. The van der Waals surface area contributed by atoms with E-state index >= 15 is 0 Å². The molecule has 5 nitrogen and oxygen atoms in total. The third kappa shape index (κ3) is 5.42. The molecule has 0 aliphatic heterocycles. The van der Waals surface area contributed by atoms with Crippen molar-refractivity contribution in [2.24, 2.45) is 5.92 Å². The minimum atomic E-state index is -0.228. The van der Waals surface area contributed by atoms with E-state index in [1.54, 1.807) is 24.3 Å². The van der Waals surface area contributed by atoms with Gasteiger partial charge in [-0.3, -0.25) is 4.79 Å². The summed E-state index contributed by atoms with van der Waals surface area (Å²) in [6, 6.07) is 6.84. The Labute approximate surface area is 113 Å². The Morgan fingerprint density at radius 1 is 0.947 bits per heavy atom. The Kier molecular flexibility index (Phi) is 5.36. The van der Waals surface area contributed by atoms with Crippen LogP contribution in [0.4, 0.5) is 16.2 Å². The molecule has 104 valence electrons. The first-order valence-corrected chi connectivity index (χ1v) is 6.33. The molecule has 0 radical (unpaired) electrons. The lowest BCUT2D eigenvalue weighted by Gasteiger charge is -2.17. The summed E-state index contributed by atoms with van der Waals surface area (Å²) in [6.07, 6.45) is 0. The zero-order valence-electron chi connectivity index (χ0n) is 11.8. The zero-order valence-corrected chi connectivity index (χ0v) is 11.8. The van der Waals surface area contributed by atoms with E-state index in [4.69, 9.17) is 0 Å². The second-order valence-corrected chi connectivity index (χ2v) is 4.89. The zero-order chi connectivity index (χ0) is 14.4. The van der Waals surface area contributed by atoms with Crippen molar-refractivity contribution in [1.82, 2.24) is 5.32 Å². The summed E-state index contributed by atoms with van der Waals surface area (Å²) >= 11 is 0. The van der Waals surface area contributed by atoms with Gasteiger partial charge in [-0.1, -0.05) is 13.8 Å². The fourth-order valence-corrected chi connectivity index (χ4v) is 1.38. The number of urea groups is 1. The summed E-state index contributed by atoms with van der Waals surface area (Å²) in [5.74, 6) is 0.261. The number of carbonyl (C=O) groups is 2. The van der Waals surface area contributed by atoms with Crippen LogP contribution in [-0.2, 0) is 4.79 Å². The molecule has 1 unspecified atom stereocenters. The first kappa shape index (κ1) is 15.0. The highest BCUT2D eigenvalue weighted by Gasteiger charge is 2.10. The van der Waals surface area contributed by atoms with Crippen LogP contribution in [0, 0.1) is 5.92 Å². The maximum Gasteiger partial charge on any atom is 0.319 e. The van der Waals surface area contributed by atoms with Gasteiger partial charge in [-0.05, 0) is 37.1 Å². The number of benzene rings is 1. The van der Waals surface area contributed by atoms with E-state index in [1.165, 1.54) is 6.92 Å². The standard InChI is InChI=1S/C14H21N3O2/c1-9(2)10(3)15-14(19)17-13-7-5-12(6-8-13)16-11(4)18/h5-10H,1-4H3,(H,16,18)(H2,15,17,19). The molecular formula is C14H21N3O2. The van der Waals surface area contributed by atoms with Crippen LogP contribution in [0.5, 0.6) is 0 Å². The van der Waals surface area contributed by atoms with E-state index in [9.17, 15) is 9.59 Å². The first-order valence-electron chi connectivity index (χ1n) is 6.33. The molecule has 0 saturated heterocycles. The molecule has 1 aromatic rings. The Balaban J connectivity index is 2.53. The van der Waals surface area contributed by atoms with Gasteiger partial charge in [0, 0.05) is 24.3 Å². The maximum absolute atomic E-state index is 11.7. The minimum Gasteiger partial charge on any atom is -0.335 e. The van der Waals surface area contributed by atoms with Crippen molar-refractivity contribution in [1.29, 1.82) is 0 Å². The molecule has 3 N–H and O–H groups in total. The van der Waals surface area contributed by atoms with Gasteiger partial charge in [0.05, 0.1) is 0 Å². The second kappa shape index (κ2) is 6.78. The van der Waals surface area contributed by atoms with E-state index in [1.807, 2.05) is 20.8 Å². The number of carbonyl (C=O) groups excluding carboxylic acids is 2. The predicted molar refractivity (Wildman–Crippen MR) is 77.2 cm³/mol. The van der Waals surface area contributed by atoms with Crippen molar-refractivity contribution in [2.45, 2.75) is 33.7 Å². The topological polar surface area (TPSA) is 70.2 Å². The Morgan fingerprint density at radius 3 is 1.84 bits per heavy atom. The molecule has 0 aliphatic rings. The lowest BCUT2D eigenvalue weighted by molar-refractivity contribution is -0.114. The molecule has 19 heavy (non-hydrogen) atoms. The van der Waals surface area contributed by atoms with Gasteiger partial charge in [-0.25, -0.2) is 4.79 Å². The Bertz CT molecular complexity index is 441. The van der Waals surface area contributed by atoms with E-state index < -0.39 is 0 Å². The largest absolute Gasteiger partial charge is 0.335 e. The van der Waals surface area contributed by atoms with Gasteiger partial charge < -0.3 is 16.0 Å². The van der Waals surface area contributed by atoms with Crippen molar-refractivity contribution in [2.75, 3.05) is 10.6 Å². The second-order valence-electron chi connectivity index (χ2n) is 4.89. The molecule has 5 heteroatoms. The van der Waals surface area contributed by atoms with E-state index in [0.717, 1.165) is 0 Å². The van der Waals surface area contributed by atoms with Gasteiger partial charge in [0.15, 0.2) is 0 Å². The van der Waals surface area contributed by atoms with Gasteiger partial charge in [0.25, 0.3) is 0 Å². The predicted octanol–water partition coefficient (Wildman–Crippen LogP) is 2.81. The molecular weight excluding hydrogens is 242 g/mol. The number of anilines is 2. The van der Waals surface area contributed by atoms with Gasteiger partial charge in [-0.2, -0.15) is 0 Å². The highest BCUT2D eigenvalue weighted by Crippen LogP contribution is 2.13. The van der Waals surface area contributed by atoms with Crippen LogP contribution in [0.25, 0.3) is 0 Å². The third-order valence-electron chi connectivity index (χ3n) is 2.82. The number of amides is 3. The average molecular weight is 263 g/mol. The smallest absolute Gasteiger partial charge is 0.319 e. The van der Waals surface area contributed by atoms with Crippen LogP contribution in [-0.4, -0.2) is 18.0 Å². The average Bonchev–Trinajstić information content (AvgIpc) is 2.30. The fourth-order valence-electron chi connectivity index (χ4n) is 1.38. The van der Waals surface area contributed by atoms with Crippen LogP contribution < -0.4 is 16.0 Å². The van der Waals surface area contributed by atoms with E-state index in [2.05, 4.69) is 16.0 Å². The normalized spacial score (nSPS) is 11.8. The summed E-state index contributed by atoms with van der Waals surface area (Å²) in [7, 11) is 0. The third-order valence-corrected chi connectivity index (χ3v) is 2.82. The number of rotatable bonds is 4. The van der Waals surface area contributed by atoms with Crippen molar-refractivity contribution in [3.63, 3.8) is 0 Å². The molecule has 0 aliphatic carbocycles. The molecule has 0 aromatic heterocycles. The monoisotopic (exact) mass is 263 g/mol. The molecule has 0 saturated carbocycles. The van der Waals surface area contributed by atoms with Gasteiger partial charge in [-0.15, -0.1) is 0 Å². The maximum atomic E-state index is 11.7. The van der Waals surface area contributed by atoms with Crippen molar-refractivity contribution >= 4 is 23.3 Å². The van der Waals surface area contributed by atoms with Crippen molar-refractivity contribution in [3.05, 3.63) is 24.3 Å². The van der Waals surface area contributed by atoms with Crippen LogP contribution in [0.3, 0.4) is 0 Å². The van der Waals surface area contributed by atoms with Gasteiger partial charge in [0.1, 0.15) is 0 Å². The van der Waals surface area contributed by atoms with Crippen molar-refractivity contribution in [3.8, 4) is 0 Å². The summed E-state index contributed by atoms with van der Waals surface area (Å²) in [5, 5.41) is 8.27. The fraction of sp³-hybridized carbons (Fsp3) is 0.429. The SMILES string of the molecule is CC(=O)Nc1ccc(NC(=O)NC(C)C(C)C)cc1. The molecule has 3 amide bonds.